The lowest BCUT2D eigenvalue weighted by atomic mass is 10.1. The zero-order valence-electron chi connectivity index (χ0n) is 14.2. The fourth-order valence-corrected chi connectivity index (χ4v) is 4.55. The monoisotopic (exact) mass is 405 g/mol. The molecule has 0 unspecified atom stereocenters. The van der Waals surface area contributed by atoms with Gasteiger partial charge in [-0.15, -0.1) is 0 Å². The molecule has 0 radical (unpaired) electrons. The highest BCUT2D eigenvalue weighted by molar-refractivity contribution is 7.89. The fraction of sp³-hybridized carbons (Fsp3) is 0.222. The topological polar surface area (TPSA) is 88.1 Å². The lowest BCUT2D eigenvalue weighted by molar-refractivity contribution is -0.110. The van der Waals surface area contributed by atoms with Crippen molar-refractivity contribution in [1.29, 1.82) is 0 Å². The number of halogens is 1. The molecule has 0 saturated carbocycles. The molecule has 2 aliphatic heterocycles. The molecule has 1 N–H and O–H groups in total. The molecule has 7 nitrogen and oxygen atoms in total. The Kier molecular flexibility index (Phi) is 4.73. The summed E-state index contributed by atoms with van der Waals surface area (Å²) in [4.78, 5) is 16.8. The largest absolute Gasteiger partial charge is 0.379 e. The van der Waals surface area contributed by atoms with Crippen molar-refractivity contribution in [3.8, 4) is 0 Å². The zero-order valence-corrected chi connectivity index (χ0v) is 15.8. The Hall–Kier alpha value is -2.26. The van der Waals surface area contributed by atoms with Crippen LogP contribution in [0.25, 0.3) is 0 Å². The highest BCUT2D eigenvalue weighted by Gasteiger charge is 2.31. The molecule has 0 aromatic heterocycles. The van der Waals surface area contributed by atoms with Crippen LogP contribution in [0.3, 0.4) is 0 Å². The Morgan fingerprint density at radius 1 is 1.07 bits per heavy atom. The average Bonchev–Trinajstić information content (AvgIpc) is 2.99. The Bertz CT molecular complexity index is 1030. The van der Waals surface area contributed by atoms with Crippen LogP contribution in [0.5, 0.6) is 0 Å². The number of nitrogens with zero attached hydrogens (tertiary/aromatic N) is 2. The van der Waals surface area contributed by atoms with E-state index in [0.29, 0.717) is 48.3 Å². The Balaban J connectivity index is 1.73. The van der Waals surface area contributed by atoms with Gasteiger partial charge in [0.2, 0.25) is 10.0 Å². The number of anilines is 1. The van der Waals surface area contributed by atoms with Crippen LogP contribution in [-0.2, 0) is 19.6 Å². The van der Waals surface area contributed by atoms with Crippen molar-refractivity contribution >= 4 is 44.6 Å². The van der Waals surface area contributed by atoms with Gasteiger partial charge in [-0.2, -0.15) is 4.31 Å². The second-order valence-corrected chi connectivity index (χ2v) is 8.49. The van der Waals surface area contributed by atoms with Gasteiger partial charge in [0, 0.05) is 23.7 Å². The smallest absolute Gasteiger partial charge is 0.275 e. The van der Waals surface area contributed by atoms with Crippen LogP contribution in [0.4, 0.5) is 11.4 Å². The van der Waals surface area contributed by atoms with E-state index in [1.165, 1.54) is 16.4 Å². The van der Waals surface area contributed by atoms with Gasteiger partial charge in [-0.25, -0.2) is 13.4 Å². The van der Waals surface area contributed by atoms with Crippen LogP contribution in [0.15, 0.2) is 52.4 Å². The molecule has 0 bridgehead atoms. The number of hydrogen-bond donors (Lipinski definition) is 1. The van der Waals surface area contributed by atoms with E-state index in [4.69, 9.17) is 16.3 Å². The van der Waals surface area contributed by atoms with Gasteiger partial charge < -0.3 is 10.1 Å². The molecule has 0 aliphatic carbocycles. The normalized spacial score (nSPS) is 19.1. The molecule has 4 rings (SSSR count). The van der Waals surface area contributed by atoms with Gasteiger partial charge in [0.15, 0.2) is 0 Å². The lowest BCUT2D eigenvalue weighted by Gasteiger charge is -2.26. The van der Waals surface area contributed by atoms with Gasteiger partial charge in [-0.3, -0.25) is 4.79 Å². The number of nitrogens with one attached hydrogen (secondary N) is 1. The molecule has 2 aromatic rings. The summed E-state index contributed by atoms with van der Waals surface area (Å²) < 4.78 is 32.4. The molecule has 2 aromatic carbocycles. The maximum absolute atomic E-state index is 12.9. The zero-order chi connectivity index (χ0) is 19.0. The van der Waals surface area contributed by atoms with Crippen LogP contribution < -0.4 is 5.32 Å². The van der Waals surface area contributed by atoms with Gasteiger partial charge in [-0.1, -0.05) is 11.6 Å². The first-order valence-corrected chi connectivity index (χ1v) is 10.1. The third-order valence-electron chi connectivity index (χ3n) is 4.38. The van der Waals surface area contributed by atoms with Gasteiger partial charge in [0.05, 0.1) is 29.5 Å². The van der Waals surface area contributed by atoms with E-state index < -0.39 is 10.0 Å². The van der Waals surface area contributed by atoms with Crippen molar-refractivity contribution < 1.29 is 17.9 Å². The van der Waals surface area contributed by atoms with Crippen LogP contribution in [-0.4, -0.2) is 50.6 Å². The summed E-state index contributed by atoms with van der Waals surface area (Å²) in [5, 5.41) is 3.28. The molecule has 140 valence electrons. The molecular formula is C18H16ClN3O4S. The Labute approximate surface area is 161 Å². The first-order valence-electron chi connectivity index (χ1n) is 8.33. The van der Waals surface area contributed by atoms with Crippen LogP contribution in [0, 0.1) is 0 Å². The Morgan fingerprint density at radius 2 is 1.78 bits per heavy atom. The van der Waals surface area contributed by atoms with Gasteiger partial charge in [0.1, 0.15) is 5.71 Å². The molecule has 1 saturated heterocycles. The minimum Gasteiger partial charge on any atom is -0.379 e. The number of amides is 1. The predicted octanol–water partition coefficient (Wildman–Crippen LogP) is 2.43. The van der Waals surface area contributed by atoms with Gasteiger partial charge in [-0.05, 0) is 42.5 Å². The van der Waals surface area contributed by atoms with Crippen molar-refractivity contribution in [3.05, 3.63) is 53.1 Å². The minimum atomic E-state index is -3.66. The van der Waals surface area contributed by atoms with Crippen LogP contribution >= 0.6 is 11.6 Å². The number of carbonyl (C=O) groups is 1. The van der Waals surface area contributed by atoms with E-state index in [2.05, 4.69) is 10.3 Å². The molecule has 2 aliphatic rings. The molecule has 2 heterocycles. The number of fused-ring (bicyclic) bond motifs is 1. The first kappa shape index (κ1) is 18.1. The number of morpholine rings is 1. The number of carbonyl (C=O) groups excluding carboxylic acids is 1. The molecule has 1 fully saturated rings. The fourth-order valence-electron chi connectivity index (χ4n) is 2.98. The second kappa shape index (κ2) is 7.05. The van der Waals surface area contributed by atoms with E-state index in [1.807, 2.05) is 0 Å². The predicted molar refractivity (Wildman–Crippen MR) is 102 cm³/mol. The second-order valence-electron chi connectivity index (χ2n) is 6.11. The maximum Gasteiger partial charge on any atom is 0.275 e. The molecular weight excluding hydrogens is 390 g/mol. The first-order chi connectivity index (χ1) is 12.9. The SMILES string of the molecule is O=C1Nc2ccc(S(=O)(=O)N3CCOCC3)cc2C1=Nc1ccc(Cl)cc1. The number of sulfonamides is 1. The number of aliphatic imine (C=N–C) groups is 1. The quantitative estimate of drug-likeness (QED) is 0.849. The number of ether oxygens (including phenoxy) is 1. The molecule has 0 spiro atoms. The van der Waals surface area contributed by atoms with Crippen molar-refractivity contribution in [2.24, 2.45) is 4.99 Å². The maximum atomic E-state index is 12.9. The van der Waals surface area contributed by atoms with Crippen molar-refractivity contribution in [3.63, 3.8) is 0 Å². The van der Waals surface area contributed by atoms with E-state index in [1.54, 1.807) is 30.3 Å². The van der Waals surface area contributed by atoms with Gasteiger partial charge >= 0.3 is 0 Å². The molecule has 0 atom stereocenters. The highest BCUT2D eigenvalue weighted by Crippen LogP contribution is 2.30. The van der Waals surface area contributed by atoms with E-state index in [9.17, 15) is 13.2 Å². The summed E-state index contributed by atoms with van der Waals surface area (Å²) in [6.07, 6.45) is 0. The standard InChI is InChI=1S/C18H16ClN3O4S/c19-12-1-3-13(4-2-12)20-17-15-11-14(5-6-16(15)21-18(17)23)27(24,25)22-7-9-26-10-8-22/h1-6,11H,7-10H2,(H,20,21,23). The molecule has 9 heteroatoms. The summed E-state index contributed by atoms with van der Waals surface area (Å²) in [7, 11) is -3.66. The summed E-state index contributed by atoms with van der Waals surface area (Å²) in [6.45, 7) is 1.35. The number of benzene rings is 2. The average molecular weight is 406 g/mol. The Morgan fingerprint density at radius 3 is 2.48 bits per heavy atom. The third-order valence-corrected chi connectivity index (χ3v) is 6.53. The van der Waals surface area contributed by atoms with Crippen molar-refractivity contribution in [2.75, 3.05) is 31.6 Å². The third kappa shape index (κ3) is 3.49. The minimum absolute atomic E-state index is 0.128. The summed E-state index contributed by atoms with van der Waals surface area (Å²) in [6, 6.07) is 11.3. The highest BCUT2D eigenvalue weighted by atomic mass is 35.5. The molecule has 27 heavy (non-hydrogen) atoms. The number of hydrogen-bond acceptors (Lipinski definition) is 5. The van der Waals surface area contributed by atoms with Crippen LogP contribution in [0.1, 0.15) is 5.56 Å². The van der Waals surface area contributed by atoms with E-state index >= 15 is 0 Å². The van der Waals surface area contributed by atoms with Crippen LogP contribution in [0.2, 0.25) is 5.02 Å². The van der Waals surface area contributed by atoms with Gasteiger partial charge in [0.25, 0.3) is 5.91 Å². The van der Waals surface area contributed by atoms with Crippen molar-refractivity contribution in [2.45, 2.75) is 4.90 Å². The number of rotatable bonds is 3. The van der Waals surface area contributed by atoms with E-state index in [0.717, 1.165) is 0 Å². The van der Waals surface area contributed by atoms with E-state index in [-0.39, 0.29) is 16.5 Å². The lowest BCUT2D eigenvalue weighted by Crippen LogP contribution is -2.40. The summed E-state index contributed by atoms with van der Waals surface area (Å²) in [5.41, 5.74) is 1.73. The summed E-state index contributed by atoms with van der Waals surface area (Å²) in [5.74, 6) is -0.374. The summed E-state index contributed by atoms with van der Waals surface area (Å²) >= 11 is 5.87. The molecule has 1 amide bonds. The van der Waals surface area contributed by atoms with Crippen molar-refractivity contribution in [1.82, 2.24) is 4.31 Å².